The summed E-state index contributed by atoms with van der Waals surface area (Å²) in [6.45, 7) is 3.27. The van der Waals surface area contributed by atoms with Gasteiger partial charge in [0.2, 0.25) is 0 Å². The van der Waals surface area contributed by atoms with E-state index in [1.54, 1.807) is 0 Å². The van der Waals surface area contributed by atoms with E-state index in [-0.39, 0.29) is 13.0 Å². The van der Waals surface area contributed by atoms with Gasteiger partial charge in [-0.1, -0.05) is 13.8 Å². The summed E-state index contributed by atoms with van der Waals surface area (Å²) < 4.78 is 39.3. The number of alkyl halides is 3. The minimum atomic E-state index is -4.27. The van der Waals surface area contributed by atoms with E-state index in [1.807, 2.05) is 13.8 Å². The first-order valence-electron chi connectivity index (χ1n) is 4.74. The Morgan fingerprint density at radius 2 is 2.00 bits per heavy atom. The molecule has 0 aliphatic rings. The summed E-state index contributed by atoms with van der Waals surface area (Å²) in [4.78, 5) is 3.99. The second kappa shape index (κ2) is 6.66. The molecule has 0 fully saturated rings. The van der Waals surface area contributed by atoms with Crippen LogP contribution in [0.15, 0.2) is 4.99 Å². The van der Waals surface area contributed by atoms with Crippen LogP contribution in [0.5, 0.6) is 0 Å². The van der Waals surface area contributed by atoms with Crippen LogP contribution < -0.4 is 5.73 Å². The molecule has 0 atom stereocenters. The number of amidine groups is 1. The third kappa shape index (κ3) is 11.1. The predicted octanol–water partition coefficient (Wildman–Crippen LogP) is 1.97. The maximum absolute atomic E-state index is 11.6. The number of nitrogens with zero attached hydrogens (tertiary/aromatic N) is 1. The van der Waals surface area contributed by atoms with Crippen molar-refractivity contribution in [3.05, 3.63) is 0 Å². The van der Waals surface area contributed by atoms with Gasteiger partial charge in [-0.2, -0.15) is 13.2 Å². The fraction of sp³-hybridized carbons (Fsp3) is 0.889. The minimum absolute atomic E-state index is 0.0487. The average Bonchev–Trinajstić information content (AvgIpc) is 2.07. The molecule has 0 aromatic heterocycles. The number of nitrogens with two attached hydrogens (primary N) is 1. The van der Waals surface area contributed by atoms with Crippen LogP contribution in [0.1, 0.15) is 20.3 Å². The molecule has 15 heavy (non-hydrogen) atoms. The lowest BCUT2D eigenvalue weighted by Gasteiger charge is -2.07. The van der Waals surface area contributed by atoms with Gasteiger partial charge in [0.25, 0.3) is 0 Å². The van der Waals surface area contributed by atoms with E-state index in [1.165, 1.54) is 0 Å². The molecule has 0 aliphatic carbocycles. The monoisotopic (exact) mass is 226 g/mol. The summed E-state index contributed by atoms with van der Waals surface area (Å²) in [5, 5.41) is 0. The van der Waals surface area contributed by atoms with Crippen LogP contribution in [0.4, 0.5) is 13.2 Å². The Morgan fingerprint density at radius 3 is 2.47 bits per heavy atom. The van der Waals surface area contributed by atoms with E-state index in [4.69, 9.17) is 5.73 Å². The van der Waals surface area contributed by atoms with Gasteiger partial charge in [-0.3, -0.25) is 4.99 Å². The number of hydrogen-bond acceptors (Lipinski definition) is 2. The van der Waals surface area contributed by atoms with Gasteiger partial charge in [0.1, 0.15) is 6.61 Å². The van der Waals surface area contributed by atoms with Crippen LogP contribution >= 0.6 is 0 Å². The van der Waals surface area contributed by atoms with Crippen LogP contribution in [0.2, 0.25) is 0 Å². The molecule has 0 unspecified atom stereocenters. The zero-order valence-electron chi connectivity index (χ0n) is 8.97. The molecule has 0 saturated carbocycles. The molecule has 0 heterocycles. The average molecular weight is 226 g/mol. The van der Waals surface area contributed by atoms with Crippen molar-refractivity contribution in [2.24, 2.45) is 16.6 Å². The van der Waals surface area contributed by atoms with Crippen molar-refractivity contribution >= 4 is 5.84 Å². The van der Waals surface area contributed by atoms with Gasteiger partial charge in [-0.05, 0) is 5.92 Å². The van der Waals surface area contributed by atoms with Crippen molar-refractivity contribution in [2.75, 3.05) is 19.8 Å². The van der Waals surface area contributed by atoms with Gasteiger partial charge in [-0.15, -0.1) is 0 Å². The fourth-order valence-electron chi connectivity index (χ4n) is 0.744. The number of halogens is 3. The lowest BCUT2D eigenvalue weighted by atomic mass is 10.2. The Bertz CT molecular complexity index is 202. The van der Waals surface area contributed by atoms with Crippen LogP contribution in [0, 0.1) is 5.92 Å². The molecule has 2 N–H and O–H groups in total. The van der Waals surface area contributed by atoms with E-state index in [0.717, 1.165) is 0 Å². The summed E-state index contributed by atoms with van der Waals surface area (Å²) in [7, 11) is 0. The van der Waals surface area contributed by atoms with Gasteiger partial charge in [-0.25, -0.2) is 0 Å². The van der Waals surface area contributed by atoms with E-state index in [0.29, 0.717) is 18.3 Å². The van der Waals surface area contributed by atoms with Crippen LogP contribution in [0.25, 0.3) is 0 Å². The smallest absolute Gasteiger partial charge is 0.387 e. The topological polar surface area (TPSA) is 47.6 Å². The second-order valence-corrected chi connectivity index (χ2v) is 3.64. The lowest BCUT2D eigenvalue weighted by molar-refractivity contribution is -0.173. The molecule has 0 rings (SSSR count). The SMILES string of the molecule is CC(C)CN=C(N)CCOCC(F)(F)F. The van der Waals surface area contributed by atoms with Crippen molar-refractivity contribution in [3.63, 3.8) is 0 Å². The molecule has 6 heteroatoms. The summed E-state index contributed by atoms with van der Waals surface area (Å²) in [5.41, 5.74) is 5.46. The van der Waals surface area contributed by atoms with E-state index >= 15 is 0 Å². The van der Waals surface area contributed by atoms with Gasteiger partial charge >= 0.3 is 6.18 Å². The minimum Gasteiger partial charge on any atom is -0.387 e. The zero-order chi connectivity index (χ0) is 11.9. The largest absolute Gasteiger partial charge is 0.411 e. The molecular weight excluding hydrogens is 209 g/mol. The van der Waals surface area contributed by atoms with E-state index in [9.17, 15) is 13.2 Å². The molecular formula is C9H17F3N2O. The maximum atomic E-state index is 11.6. The Balaban J connectivity index is 3.55. The van der Waals surface area contributed by atoms with Crippen molar-refractivity contribution < 1.29 is 17.9 Å². The van der Waals surface area contributed by atoms with Crippen molar-refractivity contribution in [2.45, 2.75) is 26.4 Å². The molecule has 0 saturated heterocycles. The van der Waals surface area contributed by atoms with Crippen molar-refractivity contribution in [1.82, 2.24) is 0 Å². The quantitative estimate of drug-likeness (QED) is 0.427. The molecule has 0 amide bonds. The Hall–Kier alpha value is -0.780. The number of rotatable bonds is 6. The van der Waals surface area contributed by atoms with Crippen LogP contribution in [-0.4, -0.2) is 31.8 Å². The molecule has 0 aromatic carbocycles. The summed E-state index contributed by atoms with van der Waals surface area (Å²) in [6, 6.07) is 0. The molecule has 0 aliphatic heterocycles. The third-order valence-corrected chi connectivity index (χ3v) is 1.43. The van der Waals surface area contributed by atoms with E-state index in [2.05, 4.69) is 9.73 Å². The number of hydrogen-bond donors (Lipinski definition) is 1. The molecule has 90 valence electrons. The Morgan fingerprint density at radius 1 is 1.40 bits per heavy atom. The molecule has 0 spiro atoms. The van der Waals surface area contributed by atoms with Gasteiger partial charge in [0.05, 0.1) is 12.4 Å². The molecule has 0 radical (unpaired) electrons. The summed E-state index contributed by atoms with van der Waals surface area (Å²) in [5.74, 6) is 0.727. The number of ether oxygens (including phenoxy) is 1. The highest BCUT2D eigenvalue weighted by Crippen LogP contribution is 2.14. The standard InChI is InChI=1S/C9H17F3N2O/c1-7(2)5-14-8(13)3-4-15-6-9(10,11)12/h7H,3-6H2,1-2H3,(H2,13,14). The predicted molar refractivity (Wildman–Crippen MR) is 52.8 cm³/mol. The third-order valence-electron chi connectivity index (χ3n) is 1.43. The Labute approximate surface area is 87.5 Å². The van der Waals surface area contributed by atoms with Crippen molar-refractivity contribution in [3.8, 4) is 0 Å². The summed E-state index contributed by atoms with van der Waals surface area (Å²) >= 11 is 0. The zero-order valence-corrected chi connectivity index (χ0v) is 8.97. The first-order valence-corrected chi connectivity index (χ1v) is 4.74. The lowest BCUT2D eigenvalue weighted by Crippen LogP contribution is -2.21. The van der Waals surface area contributed by atoms with Gasteiger partial charge in [0.15, 0.2) is 0 Å². The van der Waals surface area contributed by atoms with Crippen LogP contribution in [0.3, 0.4) is 0 Å². The normalized spacial score (nSPS) is 13.6. The maximum Gasteiger partial charge on any atom is 0.411 e. The van der Waals surface area contributed by atoms with Crippen LogP contribution in [-0.2, 0) is 4.74 Å². The fourth-order valence-corrected chi connectivity index (χ4v) is 0.744. The highest BCUT2D eigenvalue weighted by atomic mass is 19.4. The van der Waals surface area contributed by atoms with Crippen molar-refractivity contribution in [1.29, 1.82) is 0 Å². The molecule has 3 nitrogen and oxygen atoms in total. The van der Waals surface area contributed by atoms with Gasteiger partial charge < -0.3 is 10.5 Å². The number of aliphatic imine (C=N–C) groups is 1. The first-order chi connectivity index (χ1) is 6.81. The first kappa shape index (κ1) is 14.2. The highest BCUT2D eigenvalue weighted by Gasteiger charge is 2.27. The Kier molecular flexibility index (Phi) is 6.31. The van der Waals surface area contributed by atoms with Gasteiger partial charge in [0, 0.05) is 13.0 Å². The summed E-state index contributed by atoms with van der Waals surface area (Å²) in [6.07, 6.45) is -4.04. The van der Waals surface area contributed by atoms with E-state index < -0.39 is 12.8 Å². The molecule has 0 aromatic rings. The highest BCUT2D eigenvalue weighted by molar-refractivity contribution is 5.80. The second-order valence-electron chi connectivity index (χ2n) is 3.64. The molecule has 0 bridgehead atoms.